The van der Waals surface area contributed by atoms with Crippen LogP contribution in [0.15, 0.2) is 70.6 Å². The van der Waals surface area contributed by atoms with Crippen LogP contribution in [0.3, 0.4) is 0 Å². The number of hydrogen-bond donors (Lipinski definition) is 1. The molecule has 0 aliphatic rings. The van der Waals surface area contributed by atoms with Crippen molar-refractivity contribution in [3.05, 3.63) is 66.2 Å². The van der Waals surface area contributed by atoms with Crippen LogP contribution in [-0.4, -0.2) is 33.3 Å². The van der Waals surface area contributed by atoms with E-state index in [-0.39, 0.29) is 9.92 Å². The van der Waals surface area contributed by atoms with Crippen LogP contribution in [-0.2, 0) is 19.9 Å². The Labute approximate surface area is 158 Å². The van der Waals surface area contributed by atoms with Crippen molar-refractivity contribution in [2.75, 3.05) is 11.0 Å². The third-order valence-corrected chi connectivity index (χ3v) is 6.16. The molecule has 0 saturated heterocycles. The van der Waals surface area contributed by atoms with Crippen LogP contribution in [0.4, 0.5) is 5.69 Å². The zero-order chi connectivity index (χ0) is 19.7. The largest absolute Gasteiger partial charge is 0.280 e. The van der Waals surface area contributed by atoms with E-state index in [4.69, 9.17) is 0 Å². The molecule has 0 atom stereocenters. The van der Waals surface area contributed by atoms with Crippen LogP contribution in [0.2, 0.25) is 0 Å². The number of sulfone groups is 1. The van der Waals surface area contributed by atoms with Gasteiger partial charge in [0.1, 0.15) is 0 Å². The van der Waals surface area contributed by atoms with Gasteiger partial charge in [-0.05, 0) is 43.3 Å². The fourth-order valence-corrected chi connectivity index (χ4v) is 3.88. The van der Waals surface area contributed by atoms with Gasteiger partial charge in [0.05, 0.1) is 10.6 Å². The highest BCUT2D eigenvalue weighted by molar-refractivity contribution is 7.92. The fourth-order valence-electron chi connectivity index (χ4n) is 2.31. The van der Waals surface area contributed by atoms with Crippen molar-refractivity contribution in [2.24, 2.45) is 0 Å². The summed E-state index contributed by atoms with van der Waals surface area (Å²) in [6, 6.07) is 16.1. The highest BCUT2D eigenvalue weighted by Crippen LogP contribution is 2.22. The molecule has 2 aromatic carbocycles. The molecule has 3 aromatic rings. The Balaban J connectivity index is 1.80. The van der Waals surface area contributed by atoms with E-state index in [9.17, 15) is 16.8 Å². The van der Waals surface area contributed by atoms with Crippen molar-refractivity contribution in [2.45, 2.75) is 16.8 Å². The number of hydrogen-bond acceptors (Lipinski definition) is 6. The molecule has 1 aromatic heterocycles. The second-order valence-corrected chi connectivity index (χ2v) is 9.67. The van der Waals surface area contributed by atoms with E-state index in [1.807, 2.05) is 6.92 Å². The third-order valence-electron chi connectivity index (χ3n) is 3.78. The number of rotatable bonds is 5. The zero-order valence-corrected chi connectivity index (χ0v) is 16.3. The van der Waals surface area contributed by atoms with E-state index >= 15 is 0 Å². The molecule has 0 unspecified atom stereocenters. The van der Waals surface area contributed by atoms with E-state index in [1.54, 1.807) is 54.6 Å². The van der Waals surface area contributed by atoms with Gasteiger partial charge in [0, 0.05) is 17.5 Å². The summed E-state index contributed by atoms with van der Waals surface area (Å²) >= 11 is 0. The highest BCUT2D eigenvalue weighted by Gasteiger charge is 2.14. The van der Waals surface area contributed by atoms with Crippen molar-refractivity contribution >= 4 is 25.5 Å². The summed E-state index contributed by atoms with van der Waals surface area (Å²) in [4.78, 5) is 0.180. The van der Waals surface area contributed by atoms with Crippen molar-refractivity contribution in [3.63, 3.8) is 0 Å². The van der Waals surface area contributed by atoms with Gasteiger partial charge in [0.15, 0.2) is 14.9 Å². The molecular formula is C18H17N3O4S2. The van der Waals surface area contributed by atoms with E-state index in [0.717, 1.165) is 11.8 Å². The Kier molecular flexibility index (Phi) is 4.99. The molecule has 0 aliphatic carbocycles. The summed E-state index contributed by atoms with van der Waals surface area (Å²) in [5.41, 5.74) is 2.54. The summed E-state index contributed by atoms with van der Waals surface area (Å²) in [5, 5.41) is 7.51. The lowest BCUT2D eigenvalue weighted by Gasteiger charge is -2.09. The molecule has 140 valence electrons. The van der Waals surface area contributed by atoms with Crippen molar-refractivity contribution in [1.82, 2.24) is 10.2 Å². The second-order valence-electron chi connectivity index (χ2n) is 6.02. The van der Waals surface area contributed by atoms with Gasteiger partial charge in [-0.2, -0.15) is 0 Å². The van der Waals surface area contributed by atoms with Crippen LogP contribution >= 0.6 is 0 Å². The highest BCUT2D eigenvalue weighted by atomic mass is 32.2. The molecule has 0 aliphatic heterocycles. The molecule has 0 spiro atoms. The first kappa shape index (κ1) is 19.0. The molecule has 7 nitrogen and oxygen atoms in total. The lowest BCUT2D eigenvalue weighted by Crippen LogP contribution is -2.12. The molecule has 27 heavy (non-hydrogen) atoms. The van der Waals surface area contributed by atoms with Gasteiger partial charge in [-0.15, -0.1) is 10.2 Å². The van der Waals surface area contributed by atoms with E-state index in [2.05, 4.69) is 14.9 Å². The fraction of sp³-hybridized carbons (Fsp3) is 0.111. The number of nitrogens with zero attached hydrogens (tertiary/aromatic N) is 2. The van der Waals surface area contributed by atoms with Gasteiger partial charge in [-0.25, -0.2) is 16.8 Å². The van der Waals surface area contributed by atoms with Gasteiger partial charge in [0.25, 0.3) is 10.0 Å². The van der Waals surface area contributed by atoms with Crippen LogP contribution in [0, 0.1) is 6.92 Å². The molecule has 1 N–H and O–H groups in total. The minimum absolute atomic E-state index is 0.103. The third kappa shape index (κ3) is 4.50. The van der Waals surface area contributed by atoms with Gasteiger partial charge in [-0.3, -0.25) is 4.72 Å². The van der Waals surface area contributed by atoms with E-state index in [0.29, 0.717) is 16.9 Å². The van der Waals surface area contributed by atoms with Crippen molar-refractivity contribution in [3.8, 4) is 11.3 Å². The number of sulfonamides is 1. The molecule has 0 fully saturated rings. The standard InChI is InChI=1S/C18H17N3O4S2/c1-13-3-9-16(10-4-13)27(24,25)21-15-7-5-14(6-8-15)17-11-12-18(20-19-17)26(2,22)23/h3-12,21H,1-2H3. The molecule has 9 heteroatoms. The number of nitrogens with one attached hydrogen (secondary N) is 1. The Bertz CT molecular complexity index is 1150. The predicted molar refractivity (Wildman–Crippen MR) is 103 cm³/mol. The Hall–Kier alpha value is -2.78. The molecule has 3 rings (SSSR count). The summed E-state index contributed by atoms with van der Waals surface area (Å²) in [5.74, 6) is 0. The quantitative estimate of drug-likeness (QED) is 0.702. The van der Waals surface area contributed by atoms with Crippen LogP contribution in [0.25, 0.3) is 11.3 Å². The smallest absolute Gasteiger partial charge is 0.261 e. The summed E-state index contributed by atoms with van der Waals surface area (Å²) < 4.78 is 50.2. The average Bonchev–Trinajstić information content (AvgIpc) is 2.62. The number of anilines is 1. The van der Waals surface area contributed by atoms with Gasteiger partial charge < -0.3 is 0 Å². The molecule has 0 radical (unpaired) electrons. The van der Waals surface area contributed by atoms with Gasteiger partial charge in [-0.1, -0.05) is 29.8 Å². The van der Waals surface area contributed by atoms with Gasteiger partial charge >= 0.3 is 0 Å². The predicted octanol–water partition coefficient (Wildman–Crippen LogP) is 2.66. The van der Waals surface area contributed by atoms with E-state index < -0.39 is 19.9 Å². The normalized spacial score (nSPS) is 11.9. The minimum atomic E-state index is -3.67. The molecule has 0 amide bonds. The summed E-state index contributed by atoms with van der Waals surface area (Å²) in [6.45, 7) is 1.88. The first-order chi connectivity index (χ1) is 12.6. The number of benzene rings is 2. The van der Waals surface area contributed by atoms with E-state index in [1.165, 1.54) is 6.07 Å². The maximum Gasteiger partial charge on any atom is 0.261 e. The molecule has 0 bridgehead atoms. The average molecular weight is 403 g/mol. The number of aromatic nitrogens is 2. The maximum absolute atomic E-state index is 12.4. The SMILES string of the molecule is Cc1ccc(S(=O)(=O)Nc2ccc(-c3ccc(S(C)(=O)=O)nn3)cc2)cc1. The van der Waals surface area contributed by atoms with Crippen molar-refractivity contribution < 1.29 is 16.8 Å². The summed E-state index contributed by atoms with van der Waals surface area (Å²) in [6.07, 6.45) is 1.06. The minimum Gasteiger partial charge on any atom is -0.280 e. The molecule has 0 saturated carbocycles. The monoisotopic (exact) mass is 403 g/mol. The topological polar surface area (TPSA) is 106 Å². The first-order valence-electron chi connectivity index (χ1n) is 7.89. The number of aryl methyl sites for hydroxylation is 1. The zero-order valence-electron chi connectivity index (χ0n) is 14.6. The Morgan fingerprint density at radius 1 is 0.778 bits per heavy atom. The van der Waals surface area contributed by atoms with Crippen LogP contribution in [0.5, 0.6) is 0 Å². The second kappa shape index (κ2) is 7.09. The molecular weight excluding hydrogens is 386 g/mol. The lowest BCUT2D eigenvalue weighted by atomic mass is 10.1. The van der Waals surface area contributed by atoms with Gasteiger partial charge in [0.2, 0.25) is 0 Å². The summed E-state index contributed by atoms with van der Waals surface area (Å²) in [7, 11) is -7.08. The van der Waals surface area contributed by atoms with Crippen LogP contribution < -0.4 is 4.72 Å². The first-order valence-corrected chi connectivity index (χ1v) is 11.3. The molecule has 1 heterocycles. The van der Waals surface area contributed by atoms with Crippen molar-refractivity contribution in [1.29, 1.82) is 0 Å². The maximum atomic E-state index is 12.4. The van der Waals surface area contributed by atoms with Crippen LogP contribution in [0.1, 0.15) is 5.56 Å². The Morgan fingerprint density at radius 2 is 1.41 bits per heavy atom. The lowest BCUT2D eigenvalue weighted by molar-refractivity contribution is 0.595. The Morgan fingerprint density at radius 3 is 1.93 bits per heavy atom.